The second kappa shape index (κ2) is 11.3. The van der Waals surface area contributed by atoms with Gasteiger partial charge in [-0.1, -0.05) is 5.16 Å². The summed E-state index contributed by atoms with van der Waals surface area (Å²) in [7, 11) is 0. The van der Waals surface area contributed by atoms with E-state index in [2.05, 4.69) is 20.3 Å². The number of aromatic nitrogens is 1. The van der Waals surface area contributed by atoms with E-state index in [9.17, 15) is 14.4 Å². The third-order valence-electron chi connectivity index (χ3n) is 2.66. The highest BCUT2D eigenvalue weighted by Gasteiger charge is 2.22. The van der Waals surface area contributed by atoms with Crippen LogP contribution in [0.2, 0.25) is 0 Å². The zero-order valence-electron chi connectivity index (χ0n) is 14.7. The number of carbonyl (C=O) groups excluding carboxylic acids is 3. The van der Waals surface area contributed by atoms with E-state index in [-0.39, 0.29) is 25.5 Å². The highest BCUT2D eigenvalue weighted by Crippen LogP contribution is 2.05. The molecule has 0 fully saturated rings. The second-order valence-electron chi connectivity index (χ2n) is 4.45. The van der Waals surface area contributed by atoms with Gasteiger partial charge in [-0.25, -0.2) is 14.4 Å². The van der Waals surface area contributed by atoms with Crippen LogP contribution in [0.4, 0.5) is 5.82 Å². The van der Waals surface area contributed by atoms with Crippen LogP contribution < -0.4 is 10.6 Å². The molecule has 0 aliphatic heterocycles. The summed E-state index contributed by atoms with van der Waals surface area (Å²) in [5, 5.41) is 8.87. The van der Waals surface area contributed by atoms with Crippen molar-refractivity contribution >= 4 is 23.7 Å². The summed E-state index contributed by atoms with van der Waals surface area (Å²) in [4.78, 5) is 35.8. The number of hydrogen-bond donors (Lipinski definition) is 2. The minimum absolute atomic E-state index is 0.0733. The van der Waals surface area contributed by atoms with Crippen molar-refractivity contribution < 1.29 is 33.1 Å². The predicted octanol–water partition coefficient (Wildman–Crippen LogP) is 1.09. The summed E-state index contributed by atoms with van der Waals surface area (Å²) in [5.74, 6) is -2.14. The van der Waals surface area contributed by atoms with E-state index in [1.807, 2.05) is 0 Å². The highest BCUT2D eigenvalue weighted by atomic mass is 16.6. The van der Waals surface area contributed by atoms with Gasteiger partial charge in [-0.15, -0.1) is 0 Å². The van der Waals surface area contributed by atoms with Gasteiger partial charge in [-0.2, -0.15) is 0 Å². The Kier molecular flexibility index (Phi) is 9.01. The number of anilines is 1. The van der Waals surface area contributed by atoms with Gasteiger partial charge in [0.2, 0.25) is 0 Å². The molecular formula is C16H21N3O7. The van der Waals surface area contributed by atoms with Crippen LogP contribution in [0.25, 0.3) is 0 Å². The molecule has 0 saturated heterocycles. The van der Waals surface area contributed by atoms with E-state index < -0.39 is 23.5 Å². The lowest BCUT2D eigenvalue weighted by Crippen LogP contribution is -2.24. The lowest BCUT2D eigenvalue weighted by molar-refractivity contribution is -0.147. The lowest BCUT2D eigenvalue weighted by atomic mass is 10.3. The van der Waals surface area contributed by atoms with Crippen LogP contribution in [0.3, 0.4) is 0 Å². The zero-order valence-corrected chi connectivity index (χ0v) is 14.7. The molecule has 142 valence electrons. The Bertz CT molecular complexity index is 645. The molecule has 0 radical (unpaired) electrons. The van der Waals surface area contributed by atoms with Crippen LogP contribution >= 0.6 is 0 Å². The molecule has 26 heavy (non-hydrogen) atoms. The minimum Gasteiger partial charge on any atom is -0.462 e. The Morgan fingerprint density at radius 2 is 1.58 bits per heavy atom. The number of ether oxygens (including phenoxy) is 3. The molecule has 0 amide bonds. The summed E-state index contributed by atoms with van der Waals surface area (Å²) in [5.41, 5.74) is -0.480. The Hall–Kier alpha value is -3.30. The summed E-state index contributed by atoms with van der Waals surface area (Å²) in [6, 6.07) is 1.53. The molecular weight excluding hydrogens is 346 g/mol. The molecule has 1 aromatic heterocycles. The van der Waals surface area contributed by atoms with Gasteiger partial charge in [0.25, 0.3) is 0 Å². The first-order valence-corrected chi connectivity index (χ1v) is 7.88. The molecule has 0 atom stereocenters. The Morgan fingerprint density at radius 1 is 1.00 bits per heavy atom. The fourth-order valence-corrected chi connectivity index (χ4v) is 1.57. The smallest absolute Gasteiger partial charge is 0.356 e. The van der Waals surface area contributed by atoms with Crippen molar-refractivity contribution in [3.05, 3.63) is 36.0 Å². The summed E-state index contributed by atoms with van der Waals surface area (Å²) < 4.78 is 19.2. The van der Waals surface area contributed by atoms with Crippen LogP contribution in [0.1, 0.15) is 20.8 Å². The van der Waals surface area contributed by atoms with Crippen LogP contribution in [0.15, 0.2) is 40.5 Å². The minimum atomic E-state index is -0.883. The van der Waals surface area contributed by atoms with E-state index >= 15 is 0 Å². The first kappa shape index (κ1) is 20.7. The quantitative estimate of drug-likeness (QED) is 0.204. The number of esters is 3. The fourth-order valence-electron chi connectivity index (χ4n) is 1.57. The highest BCUT2D eigenvalue weighted by molar-refractivity contribution is 6.14. The van der Waals surface area contributed by atoms with E-state index in [1.54, 1.807) is 20.8 Å². The molecule has 0 aliphatic rings. The number of nitrogens with zero attached hydrogens (tertiary/aromatic N) is 1. The molecule has 1 rings (SSSR count). The molecule has 1 heterocycles. The van der Waals surface area contributed by atoms with Gasteiger partial charge in [0.05, 0.1) is 19.8 Å². The number of nitrogens with one attached hydrogen (secondary N) is 2. The molecule has 10 nitrogen and oxygen atoms in total. The third kappa shape index (κ3) is 6.67. The van der Waals surface area contributed by atoms with Crippen molar-refractivity contribution in [2.45, 2.75) is 20.8 Å². The molecule has 0 spiro atoms. The van der Waals surface area contributed by atoms with Gasteiger partial charge >= 0.3 is 17.9 Å². The molecule has 0 bridgehead atoms. The van der Waals surface area contributed by atoms with Gasteiger partial charge in [0.15, 0.2) is 11.4 Å². The average Bonchev–Trinajstić information content (AvgIpc) is 3.12. The van der Waals surface area contributed by atoms with Crippen LogP contribution in [0.5, 0.6) is 0 Å². The molecule has 0 aliphatic carbocycles. The van der Waals surface area contributed by atoms with Crippen LogP contribution in [-0.4, -0.2) is 42.9 Å². The van der Waals surface area contributed by atoms with Gasteiger partial charge in [-0.3, -0.25) is 0 Å². The van der Waals surface area contributed by atoms with Gasteiger partial charge in [0, 0.05) is 18.5 Å². The molecule has 0 saturated carbocycles. The van der Waals surface area contributed by atoms with E-state index in [1.165, 1.54) is 18.5 Å². The van der Waals surface area contributed by atoms with E-state index in [4.69, 9.17) is 14.2 Å². The molecule has 0 unspecified atom stereocenters. The molecule has 10 heteroatoms. The van der Waals surface area contributed by atoms with Crippen LogP contribution in [0, 0.1) is 0 Å². The van der Waals surface area contributed by atoms with E-state index in [0.29, 0.717) is 5.82 Å². The maximum atomic E-state index is 12.0. The van der Waals surface area contributed by atoms with Gasteiger partial charge < -0.3 is 29.4 Å². The summed E-state index contributed by atoms with van der Waals surface area (Å²) in [6.45, 7) is 5.11. The Labute approximate surface area is 150 Å². The molecule has 2 N–H and O–H groups in total. The maximum Gasteiger partial charge on any atom is 0.356 e. The van der Waals surface area contributed by atoms with Gasteiger partial charge in [0.1, 0.15) is 12.0 Å². The normalized spacial score (nSPS) is 10.5. The predicted molar refractivity (Wildman–Crippen MR) is 89.3 cm³/mol. The van der Waals surface area contributed by atoms with Crippen molar-refractivity contribution in [2.75, 3.05) is 25.1 Å². The number of hydrogen-bond acceptors (Lipinski definition) is 10. The summed E-state index contributed by atoms with van der Waals surface area (Å²) in [6.07, 6.45) is 3.61. The second-order valence-corrected chi connectivity index (χ2v) is 4.45. The zero-order chi connectivity index (χ0) is 19.4. The standard InChI is InChI=1S/C16H21N3O7/c1-4-23-14(20)11(15(21)24-5-2)9-17-12(16(22)25-6-3)10-18-13-7-8-26-19-13/h7-10,17H,4-6H2,1-3H3,(H,18,19)/b12-10-. The SMILES string of the molecule is CCOC(=O)C(=CN/C(=C\Nc1ccon1)C(=O)OCC)C(=O)OCC. The lowest BCUT2D eigenvalue weighted by Gasteiger charge is -2.10. The average molecular weight is 367 g/mol. The van der Waals surface area contributed by atoms with Crippen molar-refractivity contribution in [1.29, 1.82) is 0 Å². The van der Waals surface area contributed by atoms with Gasteiger partial charge in [-0.05, 0) is 20.8 Å². The first-order valence-electron chi connectivity index (χ1n) is 7.88. The maximum absolute atomic E-state index is 12.0. The Morgan fingerprint density at radius 3 is 2.08 bits per heavy atom. The van der Waals surface area contributed by atoms with Crippen molar-refractivity contribution in [1.82, 2.24) is 10.5 Å². The fraction of sp³-hybridized carbons (Fsp3) is 0.375. The topological polar surface area (TPSA) is 129 Å². The van der Waals surface area contributed by atoms with Crippen molar-refractivity contribution in [3.63, 3.8) is 0 Å². The van der Waals surface area contributed by atoms with Crippen molar-refractivity contribution in [3.8, 4) is 0 Å². The van der Waals surface area contributed by atoms with Crippen LogP contribution in [-0.2, 0) is 28.6 Å². The number of carbonyl (C=O) groups is 3. The third-order valence-corrected chi connectivity index (χ3v) is 2.66. The summed E-state index contributed by atoms with van der Waals surface area (Å²) >= 11 is 0. The molecule has 0 aromatic carbocycles. The molecule has 1 aromatic rings. The number of rotatable bonds is 10. The first-order chi connectivity index (χ1) is 12.5. The van der Waals surface area contributed by atoms with Crippen molar-refractivity contribution in [2.24, 2.45) is 0 Å². The largest absolute Gasteiger partial charge is 0.462 e. The van der Waals surface area contributed by atoms with E-state index in [0.717, 1.165) is 6.20 Å². The Balaban J connectivity index is 3.01. The monoisotopic (exact) mass is 367 g/mol.